The van der Waals surface area contributed by atoms with E-state index in [4.69, 9.17) is 22.1 Å². The number of nitrogens with one attached hydrogen (secondary N) is 1. The molecule has 1 aromatic heterocycles. The van der Waals surface area contributed by atoms with E-state index in [-0.39, 0.29) is 29.6 Å². The Bertz CT molecular complexity index is 684. The van der Waals surface area contributed by atoms with Gasteiger partial charge in [0.1, 0.15) is 24.6 Å². The molecule has 128 valence electrons. The minimum absolute atomic E-state index is 0.110. The first-order valence-electron chi connectivity index (χ1n) is 7.19. The van der Waals surface area contributed by atoms with E-state index in [0.29, 0.717) is 0 Å². The Morgan fingerprint density at radius 1 is 1.33 bits per heavy atom. The molecular formula is C16H18ClN3O4. The summed E-state index contributed by atoms with van der Waals surface area (Å²) in [5.74, 6) is 0.202. The van der Waals surface area contributed by atoms with Crippen LogP contribution in [0, 0.1) is 0 Å². The van der Waals surface area contributed by atoms with Crippen molar-refractivity contribution in [1.29, 1.82) is 0 Å². The molecule has 1 amide bonds. The number of nitrogens with zero attached hydrogens (tertiary/aromatic N) is 1. The van der Waals surface area contributed by atoms with Crippen LogP contribution in [0.15, 0.2) is 42.6 Å². The molecule has 24 heavy (non-hydrogen) atoms. The maximum Gasteiger partial charge on any atom is 0.407 e. The highest BCUT2D eigenvalue weighted by Gasteiger charge is 2.22. The van der Waals surface area contributed by atoms with Gasteiger partial charge in [0.25, 0.3) is 0 Å². The van der Waals surface area contributed by atoms with Crippen LogP contribution in [0.2, 0.25) is 5.02 Å². The number of nitrogen functional groups attached to an aromatic ring is 1. The quantitative estimate of drug-likeness (QED) is 0.628. The third-order valence-corrected chi connectivity index (χ3v) is 3.58. The van der Waals surface area contributed by atoms with Crippen LogP contribution in [0.1, 0.15) is 17.2 Å². The second-order valence-corrected chi connectivity index (χ2v) is 5.49. The summed E-state index contributed by atoms with van der Waals surface area (Å²) < 4.78 is 5.01. The molecule has 0 saturated carbocycles. The molecule has 2 aromatic rings. The third kappa shape index (κ3) is 5.09. The molecule has 0 radical (unpaired) electrons. The molecule has 2 atom stereocenters. The fourth-order valence-electron chi connectivity index (χ4n) is 1.95. The Kier molecular flexibility index (Phi) is 6.36. The summed E-state index contributed by atoms with van der Waals surface area (Å²) in [6.07, 6.45) is -2.02. The van der Waals surface area contributed by atoms with Crippen molar-refractivity contribution >= 4 is 23.5 Å². The van der Waals surface area contributed by atoms with E-state index in [0.717, 1.165) is 5.56 Å². The molecule has 0 aliphatic heterocycles. The van der Waals surface area contributed by atoms with Crippen LogP contribution in [0.5, 0.6) is 0 Å². The highest BCUT2D eigenvalue weighted by molar-refractivity contribution is 6.31. The number of aromatic nitrogens is 1. The molecule has 0 saturated heterocycles. The predicted octanol–water partition coefficient (Wildman–Crippen LogP) is 1.64. The first kappa shape index (κ1) is 18.0. The first-order chi connectivity index (χ1) is 11.5. The maximum absolute atomic E-state index is 11.6. The smallest absolute Gasteiger partial charge is 0.407 e. The van der Waals surface area contributed by atoms with Crippen molar-refractivity contribution < 1.29 is 19.7 Å². The number of pyridine rings is 1. The van der Waals surface area contributed by atoms with Crippen LogP contribution in [0.25, 0.3) is 0 Å². The van der Waals surface area contributed by atoms with Crippen LogP contribution in [0.4, 0.5) is 10.6 Å². The molecule has 1 heterocycles. The molecule has 0 spiro atoms. The lowest BCUT2D eigenvalue weighted by Gasteiger charge is -2.19. The summed E-state index contributed by atoms with van der Waals surface area (Å²) in [4.78, 5) is 15.4. The lowest BCUT2D eigenvalue weighted by Crippen LogP contribution is -2.35. The van der Waals surface area contributed by atoms with Gasteiger partial charge in [0, 0.05) is 18.3 Å². The lowest BCUT2D eigenvalue weighted by atomic mass is 10.1. The molecule has 1 aromatic carbocycles. The fraction of sp³-hybridized carbons (Fsp3) is 0.250. The minimum atomic E-state index is -1.32. The fourth-order valence-corrected chi connectivity index (χ4v) is 2.23. The van der Waals surface area contributed by atoms with E-state index in [1.807, 2.05) is 30.3 Å². The van der Waals surface area contributed by atoms with Crippen LogP contribution in [-0.2, 0) is 11.3 Å². The standard InChI is InChI=1S/C16H18ClN3O4/c17-12-6-14(18)19-7-11(12)15(22)13(21)8-20-16(23)24-9-10-4-2-1-3-5-10/h1-7,13,15,21-22H,8-9H2,(H2,18,19)(H,20,23). The molecule has 8 heteroatoms. The van der Waals surface area contributed by atoms with Crippen molar-refractivity contribution in [2.24, 2.45) is 0 Å². The number of alkyl carbamates (subject to hydrolysis) is 1. The Balaban J connectivity index is 1.81. The van der Waals surface area contributed by atoms with Crippen molar-refractivity contribution in [3.8, 4) is 0 Å². The highest BCUT2D eigenvalue weighted by Crippen LogP contribution is 2.25. The predicted molar refractivity (Wildman–Crippen MR) is 89.3 cm³/mol. The number of aliphatic hydroxyl groups excluding tert-OH is 2. The number of benzene rings is 1. The number of hydrogen-bond acceptors (Lipinski definition) is 6. The molecule has 0 aliphatic carbocycles. The van der Waals surface area contributed by atoms with E-state index in [1.165, 1.54) is 12.3 Å². The van der Waals surface area contributed by atoms with Gasteiger partial charge in [0.05, 0.1) is 5.02 Å². The number of rotatable bonds is 6. The van der Waals surface area contributed by atoms with Crippen LogP contribution >= 0.6 is 11.6 Å². The van der Waals surface area contributed by atoms with E-state index in [9.17, 15) is 15.0 Å². The molecule has 0 bridgehead atoms. The van der Waals surface area contributed by atoms with Gasteiger partial charge in [-0.1, -0.05) is 41.9 Å². The molecule has 0 aliphatic rings. The van der Waals surface area contributed by atoms with Crippen molar-refractivity contribution in [2.45, 2.75) is 18.8 Å². The first-order valence-corrected chi connectivity index (χ1v) is 7.56. The van der Waals surface area contributed by atoms with E-state index in [2.05, 4.69) is 10.3 Å². The molecule has 5 N–H and O–H groups in total. The summed E-state index contributed by atoms with van der Waals surface area (Å²) in [6.45, 7) is -0.103. The number of anilines is 1. The second kappa shape index (κ2) is 8.49. The monoisotopic (exact) mass is 351 g/mol. The minimum Gasteiger partial charge on any atom is -0.445 e. The van der Waals surface area contributed by atoms with Gasteiger partial charge in [0.15, 0.2) is 0 Å². The van der Waals surface area contributed by atoms with Gasteiger partial charge in [-0.25, -0.2) is 9.78 Å². The number of amides is 1. The summed E-state index contributed by atoms with van der Waals surface area (Å²) in [6, 6.07) is 10.5. The zero-order valence-electron chi connectivity index (χ0n) is 12.7. The van der Waals surface area contributed by atoms with E-state index < -0.39 is 18.3 Å². The zero-order valence-corrected chi connectivity index (χ0v) is 13.5. The summed E-state index contributed by atoms with van der Waals surface area (Å²) in [5.41, 5.74) is 6.53. The van der Waals surface area contributed by atoms with Gasteiger partial charge < -0.3 is 26.0 Å². The zero-order chi connectivity index (χ0) is 17.5. The molecule has 7 nitrogen and oxygen atoms in total. The Morgan fingerprint density at radius 3 is 2.71 bits per heavy atom. The number of hydrogen-bond donors (Lipinski definition) is 4. The normalized spacial score (nSPS) is 13.1. The second-order valence-electron chi connectivity index (χ2n) is 5.09. The summed E-state index contributed by atoms with van der Waals surface area (Å²) in [5, 5.41) is 22.6. The molecule has 0 fully saturated rings. The topological polar surface area (TPSA) is 118 Å². The Hall–Kier alpha value is -2.35. The van der Waals surface area contributed by atoms with Gasteiger partial charge in [-0.05, 0) is 11.6 Å². The van der Waals surface area contributed by atoms with Gasteiger partial charge >= 0.3 is 6.09 Å². The van der Waals surface area contributed by atoms with Crippen molar-refractivity contribution in [3.05, 3.63) is 58.7 Å². The maximum atomic E-state index is 11.6. The largest absolute Gasteiger partial charge is 0.445 e. The van der Waals surface area contributed by atoms with Gasteiger partial charge in [-0.2, -0.15) is 0 Å². The number of aliphatic hydroxyl groups is 2. The lowest BCUT2D eigenvalue weighted by molar-refractivity contribution is 0.0183. The molecular weight excluding hydrogens is 334 g/mol. The van der Waals surface area contributed by atoms with Crippen LogP contribution in [0.3, 0.4) is 0 Å². The van der Waals surface area contributed by atoms with Gasteiger partial charge in [-0.3, -0.25) is 0 Å². The van der Waals surface area contributed by atoms with Gasteiger partial charge in [0.2, 0.25) is 0 Å². The van der Waals surface area contributed by atoms with Crippen LogP contribution in [-0.4, -0.2) is 33.9 Å². The average Bonchev–Trinajstić information content (AvgIpc) is 2.58. The van der Waals surface area contributed by atoms with Crippen molar-refractivity contribution in [2.75, 3.05) is 12.3 Å². The molecule has 2 rings (SSSR count). The average molecular weight is 352 g/mol. The number of nitrogens with two attached hydrogens (primary N) is 1. The number of carbonyl (C=O) groups excluding carboxylic acids is 1. The third-order valence-electron chi connectivity index (χ3n) is 3.25. The number of carbonyl (C=O) groups is 1. The molecule has 2 unspecified atom stereocenters. The highest BCUT2D eigenvalue weighted by atomic mass is 35.5. The van der Waals surface area contributed by atoms with Crippen molar-refractivity contribution in [3.63, 3.8) is 0 Å². The van der Waals surface area contributed by atoms with E-state index >= 15 is 0 Å². The van der Waals surface area contributed by atoms with Crippen molar-refractivity contribution in [1.82, 2.24) is 10.3 Å². The summed E-state index contributed by atoms with van der Waals surface area (Å²) >= 11 is 5.95. The van der Waals surface area contributed by atoms with E-state index in [1.54, 1.807) is 0 Å². The van der Waals surface area contributed by atoms with Crippen LogP contribution < -0.4 is 11.1 Å². The Morgan fingerprint density at radius 2 is 2.04 bits per heavy atom. The number of ether oxygens (including phenoxy) is 1. The Labute approximate surface area is 144 Å². The number of halogens is 1. The summed E-state index contributed by atoms with van der Waals surface area (Å²) in [7, 11) is 0. The van der Waals surface area contributed by atoms with Gasteiger partial charge in [-0.15, -0.1) is 0 Å². The SMILES string of the molecule is Nc1cc(Cl)c(C(O)C(O)CNC(=O)OCc2ccccc2)cn1.